The summed E-state index contributed by atoms with van der Waals surface area (Å²) in [4.78, 5) is 24.7. The molecule has 7 nitrogen and oxygen atoms in total. The fraction of sp³-hybridized carbons (Fsp3) is 0.467. The quantitative estimate of drug-likeness (QED) is 0.510. The van der Waals surface area contributed by atoms with Gasteiger partial charge in [-0.2, -0.15) is 11.8 Å². The third kappa shape index (κ3) is 7.71. The zero-order chi connectivity index (χ0) is 19.7. The Labute approximate surface area is 167 Å². The highest BCUT2D eigenvalue weighted by Gasteiger charge is 2.22. The number of halogens is 2. The number of nitrogens with one attached hydrogen (secondary N) is 3. The van der Waals surface area contributed by atoms with E-state index in [1.165, 1.54) is 37.0 Å². The fourth-order valence-corrected chi connectivity index (χ4v) is 3.49. The van der Waals surface area contributed by atoms with E-state index in [0.29, 0.717) is 17.2 Å². The lowest BCUT2D eigenvalue weighted by Gasteiger charge is -2.18. The smallest absolute Gasteiger partial charge is 0.253 e. The predicted octanol–water partition coefficient (Wildman–Crippen LogP) is 1.51. The van der Waals surface area contributed by atoms with Crippen LogP contribution in [0, 0.1) is 0 Å². The van der Waals surface area contributed by atoms with Crippen LogP contribution in [0.3, 0.4) is 0 Å². The Bertz CT molecular complexity index is 744. The van der Waals surface area contributed by atoms with Crippen molar-refractivity contribution < 1.29 is 18.0 Å². The molecule has 0 fully saturated rings. The van der Waals surface area contributed by atoms with Crippen molar-refractivity contribution >= 4 is 56.8 Å². The van der Waals surface area contributed by atoms with Gasteiger partial charge in [0, 0.05) is 11.6 Å². The van der Waals surface area contributed by atoms with Gasteiger partial charge < -0.3 is 10.6 Å². The molecule has 0 unspecified atom stereocenters. The van der Waals surface area contributed by atoms with Crippen molar-refractivity contribution in [1.29, 1.82) is 0 Å². The standard InChI is InChI=1S/C15H21Cl2N3O4S2/c1-18-26(23,24)8-6-19-15(22)13(5-7-25-2)20-14(21)11-4-3-10(16)9-12(11)17/h3-4,9,13,18H,5-8H2,1-2H3,(H,19,22)(H,20,21)/t13-/m1/s1. The number of thioether (sulfide) groups is 1. The van der Waals surface area contributed by atoms with Crippen LogP contribution in [0.5, 0.6) is 0 Å². The van der Waals surface area contributed by atoms with E-state index < -0.39 is 27.9 Å². The number of benzene rings is 1. The maximum absolute atomic E-state index is 12.4. The molecule has 0 bridgehead atoms. The van der Waals surface area contributed by atoms with Gasteiger partial charge in [-0.1, -0.05) is 23.2 Å². The number of carbonyl (C=O) groups is 2. The van der Waals surface area contributed by atoms with Crippen LogP contribution in [0.15, 0.2) is 18.2 Å². The topological polar surface area (TPSA) is 104 Å². The third-order valence-electron chi connectivity index (χ3n) is 3.39. The van der Waals surface area contributed by atoms with Crippen molar-refractivity contribution in [3.63, 3.8) is 0 Å². The van der Waals surface area contributed by atoms with Gasteiger partial charge in [-0.25, -0.2) is 13.1 Å². The molecular formula is C15H21Cl2N3O4S2. The fourth-order valence-electron chi connectivity index (χ4n) is 1.95. The summed E-state index contributed by atoms with van der Waals surface area (Å²) in [5.41, 5.74) is 0.204. The van der Waals surface area contributed by atoms with Crippen LogP contribution in [-0.4, -0.2) is 57.6 Å². The van der Waals surface area contributed by atoms with Crippen LogP contribution in [0.4, 0.5) is 0 Å². The second-order valence-corrected chi connectivity index (χ2v) is 9.12. The Kier molecular flexibility index (Phi) is 9.73. The normalized spacial score (nSPS) is 12.5. The second kappa shape index (κ2) is 11.0. The monoisotopic (exact) mass is 441 g/mol. The van der Waals surface area contributed by atoms with Gasteiger partial charge in [0.1, 0.15) is 6.04 Å². The van der Waals surface area contributed by atoms with E-state index >= 15 is 0 Å². The molecule has 1 rings (SSSR count). The van der Waals surface area contributed by atoms with Crippen molar-refractivity contribution in [2.24, 2.45) is 0 Å². The summed E-state index contributed by atoms with van der Waals surface area (Å²) >= 11 is 13.4. The number of sulfonamides is 1. The molecule has 0 aliphatic carbocycles. The average molecular weight is 442 g/mol. The van der Waals surface area contributed by atoms with Gasteiger partial charge in [0.05, 0.1) is 16.3 Å². The number of hydrogen-bond donors (Lipinski definition) is 3. The Hall–Kier alpha value is -1.000. The second-order valence-electron chi connectivity index (χ2n) is 5.25. The molecule has 11 heteroatoms. The largest absolute Gasteiger partial charge is 0.353 e. The van der Waals surface area contributed by atoms with Crippen LogP contribution in [0.1, 0.15) is 16.8 Å². The molecule has 0 radical (unpaired) electrons. The van der Waals surface area contributed by atoms with Crippen molar-refractivity contribution in [1.82, 2.24) is 15.4 Å². The number of carbonyl (C=O) groups excluding carboxylic acids is 2. The first-order valence-corrected chi connectivity index (χ1v) is 11.4. The first kappa shape index (κ1) is 23.0. The van der Waals surface area contributed by atoms with Crippen LogP contribution >= 0.6 is 35.0 Å². The lowest BCUT2D eigenvalue weighted by atomic mass is 10.1. The van der Waals surface area contributed by atoms with E-state index in [9.17, 15) is 18.0 Å². The molecule has 0 aromatic heterocycles. The lowest BCUT2D eigenvalue weighted by molar-refractivity contribution is -0.122. The van der Waals surface area contributed by atoms with Crippen molar-refractivity contribution in [3.05, 3.63) is 33.8 Å². The summed E-state index contributed by atoms with van der Waals surface area (Å²) in [6, 6.07) is 3.64. The van der Waals surface area contributed by atoms with Crippen molar-refractivity contribution in [2.45, 2.75) is 12.5 Å². The van der Waals surface area contributed by atoms with Gasteiger partial charge in [0.25, 0.3) is 5.91 Å². The highest BCUT2D eigenvalue weighted by Crippen LogP contribution is 2.21. The Morgan fingerprint density at radius 3 is 2.54 bits per heavy atom. The van der Waals surface area contributed by atoms with Crippen LogP contribution in [0.2, 0.25) is 10.0 Å². The van der Waals surface area contributed by atoms with E-state index in [4.69, 9.17) is 23.2 Å². The summed E-state index contributed by atoms with van der Waals surface area (Å²) in [7, 11) is -2.12. The lowest BCUT2D eigenvalue weighted by Crippen LogP contribution is -2.48. The van der Waals surface area contributed by atoms with Crippen LogP contribution in [0.25, 0.3) is 0 Å². The Morgan fingerprint density at radius 1 is 1.27 bits per heavy atom. The maximum Gasteiger partial charge on any atom is 0.253 e. The average Bonchev–Trinajstić information content (AvgIpc) is 2.58. The highest BCUT2D eigenvalue weighted by molar-refractivity contribution is 7.98. The predicted molar refractivity (Wildman–Crippen MR) is 107 cm³/mol. The molecule has 0 spiro atoms. The molecule has 2 amide bonds. The zero-order valence-electron chi connectivity index (χ0n) is 14.3. The van der Waals surface area contributed by atoms with E-state index in [1.54, 1.807) is 0 Å². The molecule has 0 saturated heterocycles. The van der Waals surface area contributed by atoms with Crippen molar-refractivity contribution in [2.75, 3.05) is 31.4 Å². The Balaban J connectivity index is 2.75. The number of rotatable bonds is 10. The van der Waals surface area contributed by atoms with Crippen LogP contribution < -0.4 is 15.4 Å². The Morgan fingerprint density at radius 2 is 1.96 bits per heavy atom. The van der Waals surface area contributed by atoms with Gasteiger partial charge in [0.15, 0.2) is 0 Å². The molecule has 1 atom stereocenters. The molecule has 3 N–H and O–H groups in total. The summed E-state index contributed by atoms with van der Waals surface area (Å²) in [6.45, 7) is -0.0602. The molecule has 0 aliphatic rings. The van der Waals surface area contributed by atoms with Crippen molar-refractivity contribution in [3.8, 4) is 0 Å². The van der Waals surface area contributed by atoms with Gasteiger partial charge in [-0.3, -0.25) is 9.59 Å². The maximum atomic E-state index is 12.4. The summed E-state index contributed by atoms with van der Waals surface area (Å²) in [5.74, 6) is -0.567. The molecule has 0 aliphatic heterocycles. The number of hydrogen-bond acceptors (Lipinski definition) is 5. The zero-order valence-corrected chi connectivity index (χ0v) is 17.5. The van der Waals surface area contributed by atoms with Crippen LogP contribution in [-0.2, 0) is 14.8 Å². The van der Waals surface area contributed by atoms with Gasteiger partial charge in [0.2, 0.25) is 15.9 Å². The van der Waals surface area contributed by atoms with E-state index in [-0.39, 0.29) is 22.9 Å². The van der Waals surface area contributed by atoms with E-state index in [1.807, 2.05) is 6.26 Å². The van der Waals surface area contributed by atoms with Gasteiger partial charge >= 0.3 is 0 Å². The van der Waals surface area contributed by atoms with E-state index in [2.05, 4.69) is 15.4 Å². The molecule has 0 saturated carbocycles. The molecule has 1 aromatic rings. The SMILES string of the molecule is CNS(=O)(=O)CCNC(=O)[C@@H](CCSC)NC(=O)c1ccc(Cl)cc1Cl. The minimum atomic E-state index is -3.42. The first-order chi connectivity index (χ1) is 12.2. The minimum absolute atomic E-state index is 0.0602. The molecule has 26 heavy (non-hydrogen) atoms. The van der Waals surface area contributed by atoms with E-state index in [0.717, 1.165) is 0 Å². The third-order valence-corrected chi connectivity index (χ3v) is 5.94. The molecule has 0 heterocycles. The summed E-state index contributed by atoms with van der Waals surface area (Å²) in [5, 5.41) is 5.74. The van der Waals surface area contributed by atoms with Gasteiger partial charge in [-0.05, 0) is 43.7 Å². The first-order valence-electron chi connectivity index (χ1n) is 7.64. The molecular weight excluding hydrogens is 421 g/mol. The number of amides is 2. The molecule has 146 valence electrons. The summed E-state index contributed by atoms with van der Waals surface area (Å²) in [6.07, 6.45) is 2.27. The van der Waals surface area contributed by atoms with Gasteiger partial charge in [-0.15, -0.1) is 0 Å². The highest BCUT2D eigenvalue weighted by atomic mass is 35.5. The minimum Gasteiger partial charge on any atom is -0.353 e. The molecule has 1 aromatic carbocycles. The summed E-state index contributed by atoms with van der Waals surface area (Å²) < 4.78 is 24.9.